The number of fused-ring (bicyclic) bond motifs is 5. The highest BCUT2D eigenvalue weighted by Crippen LogP contribution is 2.63. The molecule has 32 heavy (non-hydrogen) atoms. The van der Waals surface area contributed by atoms with Gasteiger partial charge in [-0.25, -0.2) is 9.69 Å². The summed E-state index contributed by atoms with van der Waals surface area (Å²) in [6.45, 7) is 0. The van der Waals surface area contributed by atoms with Gasteiger partial charge in [-0.1, -0.05) is 23.3 Å². The quantitative estimate of drug-likeness (QED) is 0.403. The Kier molecular flexibility index (Phi) is 3.79. The molecule has 0 radical (unpaired) electrons. The third-order valence-electron chi connectivity index (χ3n) is 9.31. The molecule has 1 heterocycles. The number of amides is 2. The molecule has 5 heteroatoms. The summed E-state index contributed by atoms with van der Waals surface area (Å²) >= 11 is 0. The van der Waals surface area contributed by atoms with Crippen LogP contribution in [0.1, 0.15) is 42.5 Å². The zero-order valence-corrected chi connectivity index (χ0v) is 18.2. The van der Waals surface area contributed by atoms with Crippen LogP contribution in [-0.4, -0.2) is 24.9 Å². The van der Waals surface area contributed by atoms with Gasteiger partial charge in [0.25, 0.3) is 0 Å². The molecule has 2 amide bonds. The lowest BCUT2D eigenvalue weighted by atomic mass is 9.53. The number of ether oxygens (including phenoxy) is 1. The number of carbonyl (C=O) groups excluding carboxylic acids is 3. The minimum absolute atomic E-state index is 0.0791. The molecule has 6 aliphatic carbocycles. The van der Waals surface area contributed by atoms with Crippen LogP contribution >= 0.6 is 0 Å². The molecule has 1 saturated heterocycles. The van der Waals surface area contributed by atoms with E-state index in [1.165, 1.54) is 49.7 Å². The van der Waals surface area contributed by atoms with Crippen LogP contribution in [-0.2, 0) is 14.3 Å². The molecular weight excluding hydrogens is 402 g/mol. The van der Waals surface area contributed by atoms with Gasteiger partial charge in [0.2, 0.25) is 11.8 Å². The first-order valence-corrected chi connectivity index (χ1v) is 12.0. The topological polar surface area (TPSA) is 63.7 Å². The first-order chi connectivity index (χ1) is 15.5. The number of hydrogen-bond acceptors (Lipinski definition) is 4. The van der Waals surface area contributed by atoms with E-state index >= 15 is 0 Å². The summed E-state index contributed by atoms with van der Waals surface area (Å²) in [5.41, 5.74) is 4.06. The Morgan fingerprint density at radius 3 is 1.84 bits per heavy atom. The molecule has 0 N–H and O–H groups in total. The summed E-state index contributed by atoms with van der Waals surface area (Å²) < 4.78 is 4.75. The standard InChI is InChI=1S/C27H27NO4/c1-32-27(31)15-2-4-18(5-3-15)28-25(29)23-19-6-7-20(24(23)26(28)30)22(19)21-16-9-13-8-14(11-16)12-17(21)10-13/h2-7,13-14,16-17,19-20,23-24H,8-12H2,1H3/t13?,14?,16?,17?,19-,20-,23+,24+/m0/s1. The van der Waals surface area contributed by atoms with Gasteiger partial charge in [0.1, 0.15) is 0 Å². The van der Waals surface area contributed by atoms with E-state index in [1.54, 1.807) is 29.8 Å². The average Bonchev–Trinajstić information content (AvgIpc) is 3.42. The summed E-state index contributed by atoms with van der Waals surface area (Å²) in [5, 5.41) is 0. The third-order valence-corrected chi connectivity index (χ3v) is 9.31. The van der Waals surface area contributed by atoms with Gasteiger partial charge in [0.05, 0.1) is 30.2 Å². The number of imide groups is 1. The number of anilines is 1. The van der Waals surface area contributed by atoms with Gasteiger partial charge in [-0.05, 0) is 80.0 Å². The van der Waals surface area contributed by atoms with Crippen LogP contribution in [0.3, 0.4) is 0 Å². The van der Waals surface area contributed by atoms with E-state index in [-0.39, 0.29) is 35.5 Å². The van der Waals surface area contributed by atoms with E-state index < -0.39 is 5.97 Å². The number of allylic oxidation sites excluding steroid dienone is 4. The Morgan fingerprint density at radius 1 is 0.812 bits per heavy atom. The Labute approximate surface area is 187 Å². The average molecular weight is 430 g/mol. The van der Waals surface area contributed by atoms with Crippen LogP contribution in [0.25, 0.3) is 0 Å². The molecule has 4 atom stereocenters. The maximum atomic E-state index is 13.6. The molecule has 1 aromatic carbocycles. The Balaban J connectivity index is 1.23. The van der Waals surface area contributed by atoms with Crippen molar-refractivity contribution in [2.75, 3.05) is 12.0 Å². The Hall–Kier alpha value is -2.69. The molecule has 7 aliphatic rings. The molecule has 0 aromatic heterocycles. The highest BCUT2D eigenvalue weighted by molar-refractivity contribution is 6.23. The fourth-order valence-corrected chi connectivity index (χ4v) is 8.43. The van der Waals surface area contributed by atoms with Gasteiger partial charge in [-0.2, -0.15) is 0 Å². The van der Waals surface area contributed by atoms with E-state index in [2.05, 4.69) is 12.2 Å². The maximum absolute atomic E-state index is 13.6. The number of nitrogens with zero attached hydrogens (tertiary/aromatic N) is 1. The van der Waals surface area contributed by atoms with Crippen molar-refractivity contribution in [2.45, 2.75) is 32.1 Å². The number of benzene rings is 1. The predicted octanol–water partition coefficient (Wildman–Crippen LogP) is 4.15. The van der Waals surface area contributed by atoms with Crippen LogP contribution in [0.15, 0.2) is 47.6 Å². The van der Waals surface area contributed by atoms with Crippen molar-refractivity contribution < 1.29 is 19.1 Å². The molecule has 6 bridgehead atoms. The zero-order chi connectivity index (χ0) is 21.7. The van der Waals surface area contributed by atoms with E-state index in [1.807, 2.05) is 0 Å². The second-order valence-corrected chi connectivity index (χ2v) is 10.8. The minimum Gasteiger partial charge on any atom is -0.465 e. The Morgan fingerprint density at radius 2 is 1.34 bits per heavy atom. The van der Waals surface area contributed by atoms with E-state index in [9.17, 15) is 14.4 Å². The maximum Gasteiger partial charge on any atom is 0.337 e. The van der Waals surface area contributed by atoms with Crippen molar-refractivity contribution in [3.05, 3.63) is 53.1 Å². The van der Waals surface area contributed by atoms with E-state index in [0.29, 0.717) is 23.1 Å². The van der Waals surface area contributed by atoms with Crippen LogP contribution in [0.5, 0.6) is 0 Å². The molecule has 1 aromatic rings. The van der Waals surface area contributed by atoms with Crippen molar-refractivity contribution in [1.29, 1.82) is 0 Å². The number of rotatable bonds is 2. The predicted molar refractivity (Wildman–Crippen MR) is 117 cm³/mol. The van der Waals surface area contributed by atoms with E-state index in [4.69, 9.17) is 4.74 Å². The largest absolute Gasteiger partial charge is 0.465 e. The molecular formula is C27H27NO4. The smallest absolute Gasteiger partial charge is 0.337 e. The summed E-state index contributed by atoms with van der Waals surface area (Å²) in [7, 11) is 1.34. The summed E-state index contributed by atoms with van der Waals surface area (Å²) in [6.07, 6.45) is 11.1. The number of methoxy groups -OCH3 is 1. The molecule has 5 nitrogen and oxygen atoms in total. The normalized spacial score (nSPS) is 40.6. The molecule has 0 unspecified atom stereocenters. The van der Waals surface area contributed by atoms with Gasteiger partial charge in [-0.15, -0.1) is 0 Å². The molecule has 0 spiro atoms. The number of hydrogen-bond donors (Lipinski definition) is 0. The fraction of sp³-hybridized carbons (Fsp3) is 0.519. The van der Waals surface area contributed by atoms with Crippen molar-refractivity contribution in [3.63, 3.8) is 0 Å². The van der Waals surface area contributed by atoms with Crippen LogP contribution in [0, 0.1) is 47.3 Å². The minimum atomic E-state index is -0.429. The van der Waals surface area contributed by atoms with Crippen molar-refractivity contribution in [2.24, 2.45) is 47.3 Å². The second kappa shape index (κ2) is 6.43. The summed E-state index contributed by atoms with van der Waals surface area (Å²) in [4.78, 5) is 40.2. The SMILES string of the molecule is COC(=O)c1ccc(N2C(=O)[C@H]3[C@H](C2=O)[C@H]2C=C[C@H]3C2=C2C3CC4CC(C3)CC2C4)cc1. The highest BCUT2D eigenvalue weighted by atomic mass is 16.5. The lowest BCUT2D eigenvalue weighted by Gasteiger charge is -2.52. The Bertz CT molecular complexity index is 1050. The molecule has 1 aliphatic heterocycles. The lowest BCUT2D eigenvalue weighted by Crippen LogP contribution is -2.41. The molecule has 6 fully saturated rings. The van der Waals surface area contributed by atoms with Crippen molar-refractivity contribution >= 4 is 23.5 Å². The van der Waals surface area contributed by atoms with Crippen LogP contribution < -0.4 is 4.90 Å². The zero-order valence-electron chi connectivity index (χ0n) is 18.2. The monoisotopic (exact) mass is 429 g/mol. The fourth-order valence-electron chi connectivity index (χ4n) is 8.43. The van der Waals surface area contributed by atoms with Crippen LogP contribution in [0.4, 0.5) is 5.69 Å². The lowest BCUT2D eigenvalue weighted by molar-refractivity contribution is -0.123. The van der Waals surface area contributed by atoms with Gasteiger partial charge in [-0.3, -0.25) is 9.59 Å². The highest BCUT2D eigenvalue weighted by Gasteiger charge is 2.63. The van der Waals surface area contributed by atoms with Crippen molar-refractivity contribution in [1.82, 2.24) is 0 Å². The number of esters is 1. The molecule has 164 valence electrons. The van der Waals surface area contributed by atoms with Gasteiger partial charge in [0.15, 0.2) is 0 Å². The first-order valence-electron chi connectivity index (χ1n) is 12.0. The molecule has 8 rings (SSSR count). The molecule has 5 saturated carbocycles. The number of carbonyl (C=O) groups is 3. The second-order valence-electron chi connectivity index (χ2n) is 10.8. The third kappa shape index (κ3) is 2.32. The van der Waals surface area contributed by atoms with Gasteiger partial charge < -0.3 is 4.74 Å². The van der Waals surface area contributed by atoms with Crippen LogP contribution in [0.2, 0.25) is 0 Å². The van der Waals surface area contributed by atoms with Crippen molar-refractivity contribution in [3.8, 4) is 0 Å². The van der Waals surface area contributed by atoms with E-state index in [0.717, 1.165) is 11.8 Å². The van der Waals surface area contributed by atoms with Gasteiger partial charge >= 0.3 is 5.97 Å². The summed E-state index contributed by atoms with van der Waals surface area (Å²) in [5.74, 6) is 2.25. The first kappa shape index (κ1) is 18.8. The van der Waals surface area contributed by atoms with Gasteiger partial charge in [0, 0.05) is 11.8 Å². The summed E-state index contributed by atoms with van der Waals surface area (Å²) in [6, 6.07) is 6.58.